The van der Waals surface area contributed by atoms with Crippen molar-refractivity contribution in [2.24, 2.45) is 5.92 Å². The Bertz CT molecular complexity index is 1250. The van der Waals surface area contributed by atoms with Crippen LogP contribution < -0.4 is 25.8 Å². The molecule has 2 aliphatic heterocycles. The standard InChI is InChI=1S/C23H24FN5O4/c1-11-9-31-10-17(11)29-23(30)33-18-6-13-5-14(19(24)20(25)16(13)8-27-18)15-7-28-22-21(12(15)2)26-3-4-32-22/h5-8,11,17,26H,3-4,9-10,25H2,1-2H3,(H,29,30). The second-order valence-corrected chi connectivity index (χ2v) is 8.30. The minimum Gasteiger partial charge on any atom is -0.474 e. The molecule has 0 spiro atoms. The molecule has 10 heteroatoms. The SMILES string of the molecule is Cc1c(-c2cc3cc(OC(=O)NC4COCC4C)ncc3c(N)c2F)cnc2c1NCCO2. The number of hydrogen-bond acceptors (Lipinski definition) is 8. The van der Waals surface area contributed by atoms with Crippen LogP contribution in [-0.2, 0) is 4.74 Å². The number of ether oxygens (including phenoxy) is 3. The molecular formula is C23H24FN5O4. The lowest BCUT2D eigenvalue weighted by Crippen LogP contribution is -2.40. The van der Waals surface area contributed by atoms with E-state index in [9.17, 15) is 4.79 Å². The van der Waals surface area contributed by atoms with Gasteiger partial charge in [-0.2, -0.15) is 0 Å². The number of nitrogens with two attached hydrogens (primary N) is 1. The van der Waals surface area contributed by atoms with Gasteiger partial charge < -0.3 is 30.6 Å². The van der Waals surface area contributed by atoms with Crippen LogP contribution in [-0.4, -0.2) is 48.5 Å². The molecule has 2 aromatic heterocycles. The quantitative estimate of drug-likeness (QED) is 0.517. The van der Waals surface area contributed by atoms with Crippen LogP contribution in [0, 0.1) is 18.7 Å². The zero-order valence-electron chi connectivity index (χ0n) is 18.3. The van der Waals surface area contributed by atoms with Crippen molar-refractivity contribution in [3.63, 3.8) is 0 Å². The smallest absolute Gasteiger partial charge is 0.414 e. The van der Waals surface area contributed by atoms with E-state index in [2.05, 4.69) is 20.6 Å². The van der Waals surface area contributed by atoms with Gasteiger partial charge in [0.25, 0.3) is 0 Å². The van der Waals surface area contributed by atoms with Gasteiger partial charge in [0.1, 0.15) is 12.3 Å². The normalized spacial score (nSPS) is 19.5. The molecule has 5 rings (SSSR count). The number of benzene rings is 1. The largest absolute Gasteiger partial charge is 0.474 e. The van der Waals surface area contributed by atoms with Gasteiger partial charge in [-0.25, -0.2) is 19.2 Å². The van der Waals surface area contributed by atoms with Crippen LogP contribution in [0.3, 0.4) is 0 Å². The van der Waals surface area contributed by atoms with Gasteiger partial charge in [0, 0.05) is 47.4 Å². The average Bonchev–Trinajstić information content (AvgIpc) is 3.21. The third kappa shape index (κ3) is 3.86. The van der Waals surface area contributed by atoms with Crippen LogP contribution >= 0.6 is 0 Å². The zero-order valence-corrected chi connectivity index (χ0v) is 18.3. The van der Waals surface area contributed by atoms with E-state index in [-0.39, 0.29) is 23.5 Å². The van der Waals surface area contributed by atoms with Gasteiger partial charge >= 0.3 is 6.09 Å². The Morgan fingerprint density at radius 2 is 2.12 bits per heavy atom. The first-order valence-electron chi connectivity index (χ1n) is 10.7. The fourth-order valence-electron chi connectivity index (χ4n) is 4.14. The van der Waals surface area contributed by atoms with Gasteiger partial charge in [0.15, 0.2) is 5.82 Å². The van der Waals surface area contributed by atoms with Gasteiger partial charge in [-0.15, -0.1) is 0 Å². The number of fused-ring (bicyclic) bond motifs is 2. The number of aromatic nitrogens is 2. The molecule has 0 saturated carbocycles. The first kappa shape index (κ1) is 21.2. The van der Waals surface area contributed by atoms with E-state index in [0.29, 0.717) is 54.1 Å². The summed E-state index contributed by atoms with van der Waals surface area (Å²) in [6, 6.07) is 3.09. The first-order chi connectivity index (χ1) is 15.9. The number of pyridine rings is 2. The minimum atomic E-state index is -0.625. The Balaban J connectivity index is 1.48. The number of hydrogen-bond donors (Lipinski definition) is 3. The summed E-state index contributed by atoms with van der Waals surface area (Å²) in [4.78, 5) is 20.7. The van der Waals surface area contributed by atoms with E-state index in [1.165, 1.54) is 6.20 Å². The van der Waals surface area contributed by atoms with Gasteiger partial charge in [0.2, 0.25) is 11.8 Å². The van der Waals surface area contributed by atoms with E-state index in [1.54, 1.807) is 18.3 Å². The molecule has 2 atom stereocenters. The highest BCUT2D eigenvalue weighted by Crippen LogP contribution is 2.39. The Labute approximate surface area is 189 Å². The molecule has 3 aromatic rings. The lowest BCUT2D eigenvalue weighted by atomic mass is 9.97. The maximum Gasteiger partial charge on any atom is 0.414 e. The summed E-state index contributed by atoms with van der Waals surface area (Å²) in [7, 11) is 0. The summed E-state index contributed by atoms with van der Waals surface area (Å²) in [5.41, 5.74) is 8.49. The predicted octanol–water partition coefficient (Wildman–Crippen LogP) is 3.25. The van der Waals surface area contributed by atoms with Crippen LogP contribution in [0.5, 0.6) is 11.8 Å². The van der Waals surface area contributed by atoms with Gasteiger partial charge in [-0.1, -0.05) is 6.92 Å². The second kappa shape index (κ2) is 8.36. The summed E-state index contributed by atoms with van der Waals surface area (Å²) >= 11 is 0. The Hall–Kier alpha value is -3.66. The van der Waals surface area contributed by atoms with Gasteiger partial charge in [0.05, 0.1) is 24.9 Å². The number of nitrogens with zero attached hydrogens (tertiary/aromatic N) is 2. The van der Waals surface area contributed by atoms with Crippen LogP contribution in [0.2, 0.25) is 0 Å². The molecule has 4 N–H and O–H groups in total. The minimum absolute atomic E-state index is 0.0377. The van der Waals surface area contributed by atoms with E-state index in [1.807, 2.05) is 13.8 Å². The molecule has 1 fully saturated rings. The molecule has 0 radical (unpaired) electrons. The van der Waals surface area contributed by atoms with E-state index >= 15 is 4.39 Å². The summed E-state index contributed by atoms with van der Waals surface area (Å²) in [6.45, 7) is 6.05. The van der Waals surface area contributed by atoms with Crippen molar-refractivity contribution < 1.29 is 23.4 Å². The molecule has 172 valence electrons. The number of nitrogen functional groups attached to an aromatic ring is 1. The fraction of sp³-hybridized carbons (Fsp3) is 0.348. The first-order valence-corrected chi connectivity index (χ1v) is 10.7. The Morgan fingerprint density at radius 1 is 1.27 bits per heavy atom. The average molecular weight is 453 g/mol. The van der Waals surface area contributed by atoms with E-state index < -0.39 is 11.9 Å². The van der Waals surface area contributed by atoms with Crippen molar-refractivity contribution in [1.29, 1.82) is 0 Å². The highest BCUT2D eigenvalue weighted by molar-refractivity contribution is 5.98. The molecule has 1 saturated heterocycles. The van der Waals surface area contributed by atoms with E-state index in [0.717, 1.165) is 11.3 Å². The zero-order chi connectivity index (χ0) is 23.1. The summed E-state index contributed by atoms with van der Waals surface area (Å²) in [5.74, 6) is 0.205. The molecule has 2 aliphatic rings. The summed E-state index contributed by atoms with van der Waals surface area (Å²) in [6.07, 6.45) is 2.34. The number of rotatable bonds is 3. The van der Waals surface area contributed by atoms with Crippen LogP contribution in [0.15, 0.2) is 24.5 Å². The molecule has 2 unspecified atom stereocenters. The summed E-state index contributed by atoms with van der Waals surface area (Å²) in [5, 5.41) is 7.04. The molecule has 33 heavy (non-hydrogen) atoms. The Morgan fingerprint density at radius 3 is 2.91 bits per heavy atom. The van der Waals surface area contributed by atoms with Crippen molar-refractivity contribution in [3.8, 4) is 22.9 Å². The molecule has 9 nitrogen and oxygen atoms in total. The van der Waals surface area contributed by atoms with Crippen LogP contribution in [0.25, 0.3) is 21.9 Å². The molecular weight excluding hydrogens is 429 g/mol. The number of nitrogens with one attached hydrogen (secondary N) is 2. The van der Waals surface area contributed by atoms with Crippen LogP contribution in [0.4, 0.5) is 20.6 Å². The second-order valence-electron chi connectivity index (χ2n) is 8.30. The molecule has 0 bridgehead atoms. The van der Waals surface area contributed by atoms with Gasteiger partial charge in [-0.05, 0) is 23.9 Å². The predicted molar refractivity (Wildman–Crippen MR) is 121 cm³/mol. The number of amides is 1. The number of carbonyl (C=O) groups is 1. The molecule has 1 amide bonds. The molecule has 4 heterocycles. The Kier molecular flexibility index (Phi) is 5.37. The van der Waals surface area contributed by atoms with Crippen LogP contribution in [0.1, 0.15) is 12.5 Å². The number of halogens is 1. The molecule has 1 aromatic carbocycles. The van der Waals surface area contributed by atoms with Crippen molar-refractivity contribution in [2.75, 3.05) is 37.4 Å². The highest BCUT2D eigenvalue weighted by Gasteiger charge is 2.27. The summed E-state index contributed by atoms with van der Waals surface area (Å²) < 4.78 is 31.5. The maximum atomic E-state index is 15.3. The lowest BCUT2D eigenvalue weighted by Gasteiger charge is -2.22. The third-order valence-electron chi connectivity index (χ3n) is 6.08. The van der Waals surface area contributed by atoms with Crippen molar-refractivity contribution >= 4 is 28.2 Å². The highest BCUT2D eigenvalue weighted by atomic mass is 19.1. The van der Waals surface area contributed by atoms with Gasteiger partial charge in [-0.3, -0.25) is 0 Å². The third-order valence-corrected chi connectivity index (χ3v) is 6.08. The van der Waals surface area contributed by atoms with E-state index in [4.69, 9.17) is 19.9 Å². The number of carbonyl (C=O) groups excluding carboxylic acids is 1. The monoisotopic (exact) mass is 453 g/mol. The fourth-order valence-corrected chi connectivity index (χ4v) is 4.14. The number of anilines is 2. The van der Waals surface area contributed by atoms with Crippen molar-refractivity contribution in [3.05, 3.63) is 35.9 Å². The topological polar surface area (TPSA) is 121 Å². The molecule has 0 aliphatic carbocycles. The van der Waals surface area contributed by atoms with Crippen molar-refractivity contribution in [2.45, 2.75) is 19.9 Å². The maximum absolute atomic E-state index is 15.3. The lowest BCUT2D eigenvalue weighted by molar-refractivity contribution is 0.176. The van der Waals surface area contributed by atoms with Crippen molar-refractivity contribution in [1.82, 2.24) is 15.3 Å².